The van der Waals surface area contributed by atoms with Crippen molar-refractivity contribution in [1.82, 2.24) is 15.2 Å². The average molecular weight is 393 g/mol. The summed E-state index contributed by atoms with van der Waals surface area (Å²) in [7, 11) is 0. The highest BCUT2D eigenvalue weighted by atomic mass is 16.4. The molecule has 1 aromatic heterocycles. The molecule has 152 valence electrons. The summed E-state index contributed by atoms with van der Waals surface area (Å²) in [6, 6.07) is 13.6. The number of carboxylic acids is 1. The number of H-pyrrole nitrogens is 1. The number of rotatable bonds is 6. The van der Waals surface area contributed by atoms with E-state index in [1.165, 1.54) is 5.56 Å². The topological polar surface area (TPSA) is 94.4 Å². The zero-order valence-electron chi connectivity index (χ0n) is 16.7. The van der Waals surface area contributed by atoms with Crippen LogP contribution in [0.5, 0.6) is 0 Å². The van der Waals surface area contributed by atoms with Crippen molar-refractivity contribution >= 4 is 16.9 Å². The van der Waals surface area contributed by atoms with Crippen LogP contribution in [0.4, 0.5) is 0 Å². The van der Waals surface area contributed by atoms with Crippen LogP contribution in [0.1, 0.15) is 34.3 Å². The van der Waals surface area contributed by atoms with Crippen molar-refractivity contribution in [2.75, 3.05) is 26.2 Å². The number of aromatic amines is 1. The second-order valence-electron chi connectivity index (χ2n) is 7.77. The minimum atomic E-state index is -0.820. The molecule has 0 amide bonds. The molecule has 1 fully saturated rings. The SMILES string of the molecule is Cc1ccc(C2CNCCN2C(C(=O)O)c2ccc3[nH]cc(CCN)c3c2)cc1. The van der Waals surface area contributed by atoms with E-state index in [9.17, 15) is 9.90 Å². The molecular formula is C23H28N4O2. The van der Waals surface area contributed by atoms with Crippen LogP contribution < -0.4 is 11.1 Å². The number of carboxylic acid groups (broad SMARTS) is 1. The number of piperazine rings is 1. The van der Waals surface area contributed by atoms with Gasteiger partial charge in [-0.3, -0.25) is 9.69 Å². The van der Waals surface area contributed by atoms with E-state index in [-0.39, 0.29) is 6.04 Å². The zero-order chi connectivity index (χ0) is 20.4. The summed E-state index contributed by atoms with van der Waals surface area (Å²) in [5.41, 5.74) is 11.0. The molecule has 2 atom stereocenters. The van der Waals surface area contributed by atoms with Gasteiger partial charge in [0, 0.05) is 42.8 Å². The fraction of sp³-hybridized carbons (Fsp3) is 0.348. The molecule has 5 N–H and O–H groups in total. The molecule has 4 rings (SSSR count). The number of aryl methyl sites for hydroxylation is 1. The third-order valence-corrected chi connectivity index (χ3v) is 5.83. The predicted octanol–water partition coefficient (Wildman–Crippen LogP) is 2.75. The van der Waals surface area contributed by atoms with Crippen molar-refractivity contribution in [3.05, 3.63) is 70.9 Å². The van der Waals surface area contributed by atoms with Gasteiger partial charge in [-0.25, -0.2) is 0 Å². The second kappa shape index (κ2) is 8.37. The Labute approximate surface area is 170 Å². The summed E-state index contributed by atoms with van der Waals surface area (Å²) in [6.07, 6.45) is 2.73. The smallest absolute Gasteiger partial charge is 0.325 e. The molecular weight excluding hydrogens is 364 g/mol. The Hall–Kier alpha value is -2.67. The fourth-order valence-corrected chi connectivity index (χ4v) is 4.33. The van der Waals surface area contributed by atoms with Gasteiger partial charge in [-0.15, -0.1) is 0 Å². The molecule has 1 aliphatic heterocycles. The van der Waals surface area contributed by atoms with Crippen molar-refractivity contribution in [1.29, 1.82) is 0 Å². The molecule has 2 unspecified atom stereocenters. The van der Waals surface area contributed by atoms with Gasteiger partial charge < -0.3 is 21.1 Å². The van der Waals surface area contributed by atoms with E-state index in [1.807, 2.05) is 24.4 Å². The van der Waals surface area contributed by atoms with E-state index in [0.717, 1.165) is 47.1 Å². The number of fused-ring (bicyclic) bond motifs is 1. The van der Waals surface area contributed by atoms with Gasteiger partial charge in [-0.1, -0.05) is 35.9 Å². The molecule has 6 heteroatoms. The molecule has 1 aliphatic rings. The molecule has 6 nitrogen and oxygen atoms in total. The van der Waals surface area contributed by atoms with Crippen molar-refractivity contribution in [2.24, 2.45) is 5.73 Å². The minimum Gasteiger partial charge on any atom is -0.480 e. The number of benzene rings is 2. The van der Waals surface area contributed by atoms with Gasteiger partial charge in [0.05, 0.1) is 0 Å². The van der Waals surface area contributed by atoms with Gasteiger partial charge in [-0.2, -0.15) is 0 Å². The number of aliphatic carboxylic acids is 1. The zero-order valence-corrected chi connectivity index (χ0v) is 16.7. The Morgan fingerprint density at radius 3 is 2.79 bits per heavy atom. The quantitative estimate of drug-likeness (QED) is 0.518. The Morgan fingerprint density at radius 1 is 1.28 bits per heavy atom. The van der Waals surface area contributed by atoms with E-state index in [0.29, 0.717) is 13.1 Å². The summed E-state index contributed by atoms with van der Waals surface area (Å²) in [6.45, 7) is 4.81. The lowest BCUT2D eigenvalue weighted by Gasteiger charge is -2.40. The highest BCUT2D eigenvalue weighted by molar-refractivity contribution is 5.86. The Kier molecular flexibility index (Phi) is 5.67. The van der Waals surface area contributed by atoms with E-state index < -0.39 is 12.0 Å². The second-order valence-corrected chi connectivity index (χ2v) is 7.77. The van der Waals surface area contributed by atoms with E-state index in [4.69, 9.17) is 5.73 Å². The first kappa shape index (κ1) is 19.6. The predicted molar refractivity (Wildman–Crippen MR) is 115 cm³/mol. The summed E-state index contributed by atoms with van der Waals surface area (Å²) in [5.74, 6) is -0.820. The number of nitrogens with one attached hydrogen (secondary N) is 2. The number of nitrogens with zero attached hydrogens (tertiary/aromatic N) is 1. The normalized spacial score (nSPS) is 18.8. The summed E-state index contributed by atoms with van der Waals surface area (Å²) < 4.78 is 0. The van der Waals surface area contributed by atoms with Crippen LogP contribution in [0, 0.1) is 6.92 Å². The maximum Gasteiger partial charge on any atom is 0.325 e. The van der Waals surface area contributed by atoms with Crippen LogP contribution >= 0.6 is 0 Å². The summed E-state index contributed by atoms with van der Waals surface area (Å²) in [5, 5.41) is 14.7. The van der Waals surface area contributed by atoms with Crippen molar-refractivity contribution in [3.63, 3.8) is 0 Å². The van der Waals surface area contributed by atoms with Crippen LogP contribution in [-0.4, -0.2) is 47.1 Å². The van der Waals surface area contributed by atoms with Gasteiger partial charge in [0.1, 0.15) is 6.04 Å². The van der Waals surface area contributed by atoms with Gasteiger partial charge in [0.2, 0.25) is 0 Å². The largest absolute Gasteiger partial charge is 0.480 e. The molecule has 0 bridgehead atoms. The molecule has 29 heavy (non-hydrogen) atoms. The van der Waals surface area contributed by atoms with E-state index in [2.05, 4.69) is 46.4 Å². The van der Waals surface area contributed by atoms with E-state index in [1.54, 1.807) is 0 Å². The standard InChI is InChI=1S/C23H28N4O2/c1-15-2-4-16(5-3-15)21-14-25-10-11-27(21)22(23(28)29)17-6-7-20-19(12-17)18(8-9-24)13-26-20/h2-7,12-13,21-22,25-26H,8-11,14,24H2,1H3,(H,28,29). The van der Waals surface area contributed by atoms with Crippen LogP contribution in [0.15, 0.2) is 48.7 Å². The van der Waals surface area contributed by atoms with Gasteiger partial charge in [0.15, 0.2) is 0 Å². The average Bonchev–Trinajstić information content (AvgIpc) is 3.12. The van der Waals surface area contributed by atoms with Crippen LogP contribution in [-0.2, 0) is 11.2 Å². The third-order valence-electron chi connectivity index (χ3n) is 5.83. The van der Waals surface area contributed by atoms with Gasteiger partial charge in [-0.05, 0) is 48.7 Å². The maximum absolute atomic E-state index is 12.4. The summed E-state index contributed by atoms with van der Waals surface area (Å²) in [4.78, 5) is 17.8. The highest BCUT2D eigenvalue weighted by Crippen LogP contribution is 2.34. The maximum atomic E-state index is 12.4. The van der Waals surface area contributed by atoms with Crippen LogP contribution in [0.3, 0.4) is 0 Å². The summed E-state index contributed by atoms with van der Waals surface area (Å²) >= 11 is 0. The Bertz CT molecular complexity index is 996. The minimum absolute atomic E-state index is 0.0101. The fourth-order valence-electron chi connectivity index (χ4n) is 4.33. The van der Waals surface area contributed by atoms with Crippen molar-refractivity contribution < 1.29 is 9.90 Å². The molecule has 2 heterocycles. The van der Waals surface area contributed by atoms with Gasteiger partial charge in [0.25, 0.3) is 0 Å². The first-order valence-electron chi connectivity index (χ1n) is 10.1. The molecule has 0 spiro atoms. The highest BCUT2D eigenvalue weighted by Gasteiger charge is 2.35. The molecule has 0 saturated carbocycles. The lowest BCUT2D eigenvalue weighted by atomic mass is 9.95. The monoisotopic (exact) mass is 392 g/mol. The molecule has 2 aromatic carbocycles. The molecule has 0 aliphatic carbocycles. The Balaban J connectivity index is 1.74. The Morgan fingerprint density at radius 2 is 2.07 bits per heavy atom. The first-order valence-corrected chi connectivity index (χ1v) is 10.1. The van der Waals surface area contributed by atoms with E-state index >= 15 is 0 Å². The number of hydrogen-bond donors (Lipinski definition) is 4. The lowest BCUT2D eigenvalue weighted by molar-refractivity contribution is -0.145. The van der Waals surface area contributed by atoms with Gasteiger partial charge >= 0.3 is 5.97 Å². The molecule has 3 aromatic rings. The molecule has 0 radical (unpaired) electrons. The molecule has 1 saturated heterocycles. The number of nitrogens with two attached hydrogens (primary N) is 1. The number of hydrogen-bond acceptors (Lipinski definition) is 4. The lowest BCUT2D eigenvalue weighted by Crippen LogP contribution is -2.49. The van der Waals surface area contributed by atoms with Crippen LogP contribution in [0.25, 0.3) is 10.9 Å². The van der Waals surface area contributed by atoms with Crippen LogP contribution in [0.2, 0.25) is 0 Å². The first-order chi connectivity index (χ1) is 14.1. The number of carbonyl (C=O) groups is 1. The van der Waals surface area contributed by atoms with Crippen molar-refractivity contribution in [2.45, 2.75) is 25.4 Å². The number of aromatic nitrogens is 1. The van der Waals surface area contributed by atoms with Crippen molar-refractivity contribution in [3.8, 4) is 0 Å². The third kappa shape index (κ3) is 3.92.